The van der Waals surface area contributed by atoms with Gasteiger partial charge in [0.25, 0.3) is 0 Å². The standard InChI is InChI=1S/C14H17N3/c1-3-15-10-13-7-8-16-14(17-13)12-6-4-5-11(2)9-12/h4-9,15H,3,10H2,1-2H3. The number of nitrogens with one attached hydrogen (secondary N) is 1. The van der Waals surface area contributed by atoms with Crippen LogP contribution in [0.1, 0.15) is 18.2 Å². The Morgan fingerprint density at radius 3 is 2.88 bits per heavy atom. The van der Waals surface area contributed by atoms with E-state index in [2.05, 4.69) is 41.3 Å². The molecule has 2 aromatic rings. The lowest BCUT2D eigenvalue weighted by Crippen LogP contribution is -2.13. The first-order valence-corrected chi connectivity index (χ1v) is 5.89. The largest absolute Gasteiger partial charge is 0.311 e. The van der Waals surface area contributed by atoms with Gasteiger partial charge in [0, 0.05) is 18.3 Å². The van der Waals surface area contributed by atoms with Crippen molar-refractivity contribution >= 4 is 0 Å². The molecular weight excluding hydrogens is 210 g/mol. The predicted molar refractivity (Wildman–Crippen MR) is 69.6 cm³/mol. The molecule has 0 bridgehead atoms. The van der Waals surface area contributed by atoms with Crippen LogP contribution in [-0.2, 0) is 6.54 Å². The highest BCUT2D eigenvalue weighted by Gasteiger charge is 2.02. The van der Waals surface area contributed by atoms with Crippen molar-refractivity contribution in [1.29, 1.82) is 0 Å². The third-order valence-electron chi connectivity index (χ3n) is 2.55. The molecule has 3 nitrogen and oxygen atoms in total. The molecule has 0 aliphatic heterocycles. The summed E-state index contributed by atoms with van der Waals surface area (Å²) in [5.74, 6) is 0.795. The molecule has 2 rings (SSSR count). The van der Waals surface area contributed by atoms with Crippen LogP contribution in [0.3, 0.4) is 0 Å². The van der Waals surface area contributed by atoms with Gasteiger partial charge in [-0.05, 0) is 25.6 Å². The molecule has 0 amide bonds. The zero-order valence-corrected chi connectivity index (χ0v) is 10.3. The Hall–Kier alpha value is -1.74. The van der Waals surface area contributed by atoms with E-state index >= 15 is 0 Å². The molecule has 0 fully saturated rings. The number of aromatic nitrogens is 2. The highest BCUT2D eigenvalue weighted by molar-refractivity contribution is 5.55. The molecule has 0 aliphatic rings. The van der Waals surface area contributed by atoms with Crippen LogP contribution in [0.15, 0.2) is 36.5 Å². The molecule has 1 heterocycles. The van der Waals surface area contributed by atoms with E-state index in [1.807, 2.05) is 24.4 Å². The summed E-state index contributed by atoms with van der Waals surface area (Å²) in [6.07, 6.45) is 1.82. The van der Waals surface area contributed by atoms with Crippen molar-refractivity contribution in [1.82, 2.24) is 15.3 Å². The van der Waals surface area contributed by atoms with Crippen molar-refractivity contribution in [3.05, 3.63) is 47.8 Å². The number of benzene rings is 1. The fraction of sp³-hybridized carbons (Fsp3) is 0.286. The number of hydrogen-bond acceptors (Lipinski definition) is 3. The van der Waals surface area contributed by atoms with Crippen LogP contribution in [0.5, 0.6) is 0 Å². The normalized spacial score (nSPS) is 10.5. The van der Waals surface area contributed by atoms with Gasteiger partial charge < -0.3 is 5.32 Å². The fourth-order valence-corrected chi connectivity index (χ4v) is 1.67. The lowest BCUT2D eigenvalue weighted by molar-refractivity contribution is 0.709. The summed E-state index contributed by atoms with van der Waals surface area (Å²) in [5.41, 5.74) is 3.32. The van der Waals surface area contributed by atoms with Gasteiger partial charge in [-0.3, -0.25) is 0 Å². The first-order valence-electron chi connectivity index (χ1n) is 5.89. The average Bonchev–Trinajstić information content (AvgIpc) is 2.37. The number of nitrogens with zero attached hydrogens (tertiary/aromatic N) is 2. The number of hydrogen-bond donors (Lipinski definition) is 1. The lowest BCUT2D eigenvalue weighted by Gasteiger charge is -2.04. The van der Waals surface area contributed by atoms with Crippen LogP contribution < -0.4 is 5.32 Å². The molecule has 0 saturated heterocycles. The number of rotatable bonds is 4. The fourth-order valence-electron chi connectivity index (χ4n) is 1.67. The summed E-state index contributed by atoms with van der Waals surface area (Å²) in [7, 11) is 0. The van der Waals surface area contributed by atoms with Crippen molar-refractivity contribution in [2.24, 2.45) is 0 Å². The molecule has 17 heavy (non-hydrogen) atoms. The maximum Gasteiger partial charge on any atom is 0.159 e. The third kappa shape index (κ3) is 3.11. The Balaban J connectivity index is 2.26. The van der Waals surface area contributed by atoms with Gasteiger partial charge in [-0.15, -0.1) is 0 Å². The second-order valence-corrected chi connectivity index (χ2v) is 4.02. The van der Waals surface area contributed by atoms with Gasteiger partial charge in [0.1, 0.15) is 0 Å². The van der Waals surface area contributed by atoms with Crippen LogP contribution >= 0.6 is 0 Å². The van der Waals surface area contributed by atoms with Crippen LogP contribution in [-0.4, -0.2) is 16.5 Å². The summed E-state index contributed by atoms with van der Waals surface area (Å²) in [6.45, 7) is 5.90. The lowest BCUT2D eigenvalue weighted by atomic mass is 10.1. The molecule has 0 spiro atoms. The van der Waals surface area contributed by atoms with E-state index < -0.39 is 0 Å². The highest BCUT2D eigenvalue weighted by Crippen LogP contribution is 2.15. The van der Waals surface area contributed by atoms with Gasteiger partial charge in [-0.1, -0.05) is 30.7 Å². The van der Waals surface area contributed by atoms with Crippen molar-refractivity contribution in [2.75, 3.05) is 6.54 Å². The molecule has 0 aliphatic carbocycles. The third-order valence-corrected chi connectivity index (χ3v) is 2.55. The molecule has 88 valence electrons. The first-order chi connectivity index (χ1) is 8.29. The Kier molecular flexibility index (Phi) is 3.83. The van der Waals surface area contributed by atoms with Gasteiger partial charge in [-0.2, -0.15) is 0 Å². The summed E-state index contributed by atoms with van der Waals surface area (Å²) in [5, 5.41) is 3.26. The minimum Gasteiger partial charge on any atom is -0.311 e. The van der Waals surface area contributed by atoms with Gasteiger partial charge in [0.05, 0.1) is 5.69 Å². The Morgan fingerprint density at radius 2 is 2.12 bits per heavy atom. The van der Waals surface area contributed by atoms with E-state index in [1.165, 1.54) is 5.56 Å². The van der Waals surface area contributed by atoms with Crippen LogP contribution in [0.2, 0.25) is 0 Å². The number of aryl methyl sites for hydroxylation is 1. The van der Waals surface area contributed by atoms with E-state index in [0.717, 1.165) is 30.2 Å². The van der Waals surface area contributed by atoms with E-state index in [4.69, 9.17) is 0 Å². The topological polar surface area (TPSA) is 37.8 Å². The summed E-state index contributed by atoms with van der Waals surface area (Å²) < 4.78 is 0. The van der Waals surface area contributed by atoms with Crippen LogP contribution in [0.25, 0.3) is 11.4 Å². The summed E-state index contributed by atoms with van der Waals surface area (Å²) in [6, 6.07) is 10.2. The Labute approximate surface area is 102 Å². The zero-order chi connectivity index (χ0) is 12.1. The predicted octanol–water partition coefficient (Wildman–Crippen LogP) is 2.56. The van der Waals surface area contributed by atoms with E-state index in [-0.39, 0.29) is 0 Å². The second-order valence-electron chi connectivity index (χ2n) is 4.02. The molecule has 0 unspecified atom stereocenters. The molecule has 1 aromatic heterocycles. The highest BCUT2D eigenvalue weighted by atomic mass is 14.9. The van der Waals surface area contributed by atoms with E-state index in [0.29, 0.717) is 0 Å². The quantitative estimate of drug-likeness (QED) is 0.872. The molecule has 0 saturated carbocycles. The average molecular weight is 227 g/mol. The van der Waals surface area contributed by atoms with Crippen molar-refractivity contribution in [3.63, 3.8) is 0 Å². The van der Waals surface area contributed by atoms with Gasteiger partial charge in [0.15, 0.2) is 5.82 Å². The Morgan fingerprint density at radius 1 is 1.24 bits per heavy atom. The molecule has 1 N–H and O–H groups in total. The summed E-state index contributed by atoms with van der Waals surface area (Å²) >= 11 is 0. The zero-order valence-electron chi connectivity index (χ0n) is 10.3. The minimum atomic E-state index is 0.790. The second kappa shape index (κ2) is 5.55. The smallest absolute Gasteiger partial charge is 0.159 e. The Bertz CT molecular complexity index is 494. The maximum absolute atomic E-state index is 4.55. The molecule has 0 radical (unpaired) electrons. The van der Waals surface area contributed by atoms with Crippen LogP contribution in [0.4, 0.5) is 0 Å². The SMILES string of the molecule is CCNCc1ccnc(-c2cccc(C)c2)n1. The molecule has 3 heteroatoms. The van der Waals surface area contributed by atoms with E-state index in [1.54, 1.807) is 0 Å². The monoisotopic (exact) mass is 227 g/mol. The van der Waals surface area contributed by atoms with E-state index in [9.17, 15) is 0 Å². The van der Waals surface area contributed by atoms with Crippen molar-refractivity contribution in [2.45, 2.75) is 20.4 Å². The molecule has 1 aromatic carbocycles. The van der Waals surface area contributed by atoms with Crippen molar-refractivity contribution in [3.8, 4) is 11.4 Å². The van der Waals surface area contributed by atoms with Crippen LogP contribution in [0, 0.1) is 6.92 Å². The van der Waals surface area contributed by atoms with Gasteiger partial charge in [0.2, 0.25) is 0 Å². The van der Waals surface area contributed by atoms with Crippen molar-refractivity contribution < 1.29 is 0 Å². The van der Waals surface area contributed by atoms with Gasteiger partial charge >= 0.3 is 0 Å². The summed E-state index contributed by atoms with van der Waals surface area (Å²) in [4.78, 5) is 8.87. The first kappa shape index (κ1) is 11.7. The molecule has 0 atom stereocenters. The minimum absolute atomic E-state index is 0.790. The van der Waals surface area contributed by atoms with Gasteiger partial charge in [-0.25, -0.2) is 9.97 Å². The molecular formula is C14H17N3. The maximum atomic E-state index is 4.55.